The summed E-state index contributed by atoms with van der Waals surface area (Å²) in [4.78, 5) is 0. The predicted molar refractivity (Wildman–Crippen MR) is 68.4 cm³/mol. The van der Waals surface area contributed by atoms with Gasteiger partial charge in [-0.1, -0.05) is 25.5 Å². The zero-order valence-electron chi connectivity index (χ0n) is 10.9. The Morgan fingerprint density at radius 1 is 1.06 bits per heavy atom. The van der Waals surface area contributed by atoms with Crippen LogP contribution < -0.4 is 0 Å². The number of hydrogen-bond donors (Lipinski definition) is 0. The molecule has 1 heterocycles. The van der Waals surface area contributed by atoms with Gasteiger partial charge in [0, 0.05) is 13.2 Å². The summed E-state index contributed by atoms with van der Waals surface area (Å²) in [6, 6.07) is 0. The van der Waals surface area contributed by atoms with Gasteiger partial charge in [0.15, 0.2) is 0 Å². The molecule has 1 saturated heterocycles. The van der Waals surface area contributed by atoms with E-state index in [1.807, 2.05) is 0 Å². The second-order valence-electron chi connectivity index (χ2n) is 5.86. The van der Waals surface area contributed by atoms with E-state index in [-0.39, 0.29) is 0 Å². The van der Waals surface area contributed by atoms with Crippen LogP contribution in [0, 0.1) is 17.8 Å². The molecule has 1 heteroatoms. The molecule has 1 aliphatic carbocycles. The van der Waals surface area contributed by atoms with Gasteiger partial charge in [-0.05, 0) is 56.3 Å². The number of hydrogen-bond acceptors (Lipinski definition) is 1. The second-order valence-corrected chi connectivity index (χ2v) is 5.86. The molecular weight excluding hydrogens is 196 g/mol. The third-order valence-corrected chi connectivity index (χ3v) is 4.35. The van der Waals surface area contributed by atoms with Crippen LogP contribution in [0.3, 0.4) is 0 Å². The summed E-state index contributed by atoms with van der Waals surface area (Å²) in [5.41, 5.74) is 1.74. The van der Waals surface area contributed by atoms with Gasteiger partial charge in [-0.3, -0.25) is 0 Å². The average molecular weight is 222 g/mol. The molecule has 0 aromatic heterocycles. The molecule has 0 aromatic carbocycles. The van der Waals surface area contributed by atoms with Crippen LogP contribution >= 0.6 is 0 Å². The average Bonchev–Trinajstić information content (AvgIpc) is 2.31. The minimum Gasteiger partial charge on any atom is -0.381 e. The van der Waals surface area contributed by atoms with Crippen molar-refractivity contribution in [2.24, 2.45) is 17.8 Å². The standard InChI is InChI=1S/C15H26O/c1-12(2)15-5-3-13(4-6-15)11-14-7-9-16-10-8-14/h11-12,14-15H,3-10H2,1-2H3. The molecule has 16 heavy (non-hydrogen) atoms. The van der Waals surface area contributed by atoms with Gasteiger partial charge in [-0.25, -0.2) is 0 Å². The minimum absolute atomic E-state index is 0.819. The van der Waals surface area contributed by atoms with Gasteiger partial charge in [0.1, 0.15) is 0 Å². The molecule has 0 radical (unpaired) electrons. The van der Waals surface area contributed by atoms with E-state index in [0.717, 1.165) is 31.0 Å². The van der Waals surface area contributed by atoms with E-state index in [4.69, 9.17) is 4.74 Å². The smallest absolute Gasteiger partial charge is 0.0471 e. The van der Waals surface area contributed by atoms with Crippen molar-refractivity contribution in [2.45, 2.75) is 52.4 Å². The molecule has 0 bridgehead atoms. The van der Waals surface area contributed by atoms with Crippen molar-refractivity contribution in [3.8, 4) is 0 Å². The van der Waals surface area contributed by atoms with Crippen LogP contribution in [0.15, 0.2) is 11.6 Å². The summed E-state index contributed by atoms with van der Waals surface area (Å²) >= 11 is 0. The van der Waals surface area contributed by atoms with Crippen LogP contribution in [0.5, 0.6) is 0 Å². The van der Waals surface area contributed by atoms with Gasteiger partial charge in [-0.2, -0.15) is 0 Å². The largest absolute Gasteiger partial charge is 0.381 e. The summed E-state index contributed by atoms with van der Waals surface area (Å²) < 4.78 is 5.41. The van der Waals surface area contributed by atoms with Crippen LogP contribution in [0.25, 0.3) is 0 Å². The number of ether oxygens (including phenoxy) is 1. The zero-order chi connectivity index (χ0) is 11.4. The van der Waals surface area contributed by atoms with Crippen molar-refractivity contribution < 1.29 is 4.74 Å². The Kier molecular flexibility index (Phi) is 4.45. The first kappa shape index (κ1) is 12.2. The molecule has 0 aromatic rings. The normalized spacial score (nSPS) is 28.4. The highest BCUT2D eigenvalue weighted by Gasteiger charge is 2.20. The van der Waals surface area contributed by atoms with Gasteiger partial charge >= 0.3 is 0 Å². The Balaban J connectivity index is 1.81. The van der Waals surface area contributed by atoms with E-state index in [2.05, 4.69) is 19.9 Å². The maximum Gasteiger partial charge on any atom is 0.0471 e. The summed E-state index contributed by atoms with van der Waals surface area (Å²) in [5.74, 6) is 2.68. The maximum atomic E-state index is 5.41. The highest BCUT2D eigenvalue weighted by Crippen LogP contribution is 2.34. The van der Waals surface area contributed by atoms with Gasteiger partial charge in [-0.15, -0.1) is 0 Å². The van der Waals surface area contributed by atoms with Crippen LogP contribution in [0.4, 0.5) is 0 Å². The third kappa shape index (κ3) is 3.35. The monoisotopic (exact) mass is 222 g/mol. The fraction of sp³-hybridized carbons (Fsp3) is 0.867. The molecule has 0 N–H and O–H groups in total. The van der Waals surface area contributed by atoms with Crippen molar-refractivity contribution in [2.75, 3.05) is 13.2 Å². The quantitative estimate of drug-likeness (QED) is 0.637. The van der Waals surface area contributed by atoms with E-state index in [1.54, 1.807) is 5.57 Å². The van der Waals surface area contributed by atoms with Gasteiger partial charge in [0.05, 0.1) is 0 Å². The Labute approximate surface area is 100 Å². The summed E-state index contributed by atoms with van der Waals surface area (Å²) in [6.07, 6.45) is 10.6. The molecular formula is C15H26O. The lowest BCUT2D eigenvalue weighted by Gasteiger charge is -2.28. The van der Waals surface area contributed by atoms with Gasteiger partial charge in [0.2, 0.25) is 0 Å². The van der Waals surface area contributed by atoms with E-state index >= 15 is 0 Å². The Morgan fingerprint density at radius 3 is 2.25 bits per heavy atom. The SMILES string of the molecule is CC(C)C1CCC(=CC2CCOCC2)CC1. The molecule has 1 nitrogen and oxygen atoms in total. The van der Waals surface area contributed by atoms with Gasteiger partial charge in [0.25, 0.3) is 0 Å². The summed E-state index contributed by atoms with van der Waals surface area (Å²) in [5, 5.41) is 0. The third-order valence-electron chi connectivity index (χ3n) is 4.35. The first-order valence-electron chi connectivity index (χ1n) is 7.03. The predicted octanol–water partition coefficient (Wildman–Crippen LogP) is 4.19. The van der Waals surface area contributed by atoms with Gasteiger partial charge < -0.3 is 4.74 Å². The molecule has 1 aliphatic heterocycles. The highest BCUT2D eigenvalue weighted by atomic mass is 16.5. The molecule has 1 saturated carbocycles. The zero-order valence-corrected chi connectivity index (χ0v) is 10.9. The topological polar surface area (TPSA) is 9.23 Å². The van der Waals surface area contributed by atoms with Crippen LogP contribution in [-0.2, 0) is 4.74 Å². The van der Waals surface area contributed by atoms with Crippen molar-refractivity contribution in [3.63, 3.8) is 0 Å². The van der Waals surface area contributed by atoms with Crippen LogP contribution in [-0.4, -0.2) is 13.2 Å². The molecule has 0 unspecified atom stereocenters. The van der Waals surface area contributed by atoms with E-state index in [0.29, 0.717) is 0 Å². The fourth-order valence-electron chi connectivity index (χ4n) is 3.06. The first-order valence-corrected chi connectivity index (χ1v) is 7.03. The van der Waals surface area contributed by atoms with Crippen molar-refractivity contribution in [1.29, 1.82) is 0 Å². The van der Waals surface area contributed by atoms with Crippen molar-refractivity contribution >= 4 is 0 Å². The Morgan fingerprint density at radius 2 is 1.69 bits per heavy atom. The summed E-state index contributed by atoms with van der Waals surface area (Å²) in [6.45, 7) is 6.70. The maximum absolute atomic E-state index is 5.41. The molecule has 0 amide bonds. The Bertz CT molecular complexity index is 226. The van der Waals surface area contributed by atoms with Crippen LogP contribution in [0.2, 0.25) is 0 Å². The van der Waals surface area contributed by atoms with Crippen molar-refractivity contribution in [3.05, 3.63) is 11.6 Å². The molecule has 0 atom stereocenters. The lowest BCUT2D eigenvalue weighted by molar-refractivity contribution is 0.0782. The fourth-order valence-corrected chi connectivity index (χ4v) is 3.06. The van der Waals surface area contributed by atoms with E-state index in [1.165, 1.54) is 38.5 Å². The highest BCUT2D eigenvalue weighted by molar-refractivity contribution is 5.08. The van der Waals surface area contributed by atoms with E-state index in [9.17, 15) is 0 Å². The molecule has 2 aliphatic rings. The lowest BCUT2D eigenvalue weighted by atomic mass is 9.78. The molecule has 0 spiro atoms. The minimum atomic E-state index is 0.819. The van der Waals surface area contributed by atoms with Crippen molar-refractivity contribution in [1.82, 2.24) is 0 Å². The molecule has 92 valence electrons. The molecule has 2 rings (SSSR count). The second kappa shape index (κ2) is 5.86. The number of allylic oxidation sites excluding steroid dienone is 2. The molecule has 2 fully saturated rings. The Hall–Kier alpha value is -0.300. The number of rotatable bonds is 2. The lowest BCUT2D eigenvalue weighted by Crippen LogP contribution is -2.17. The van der Waals surface area contributed by atoms with E-state index < -0.39 is 0 Å². The first-order chi connectivity index (χ1) is 7.75. The van der Waals surface area contributed by atoms with Crippen LogP contribution in [0.1, 0.15) is 52.4 Å². The summed E-state index contributed by atoms with van der Waals surface area (Å²) in [7, 11) is 0.